The number of methoxy groups -OCH3 is 1. The van der Waals surface area contributed by atoms with E-state index in [2.05, 4.69) is 25.7 Å². The van der Waals surface area contributed by atoms with Gasteiger partial charge in [0.1, 0.15) is 10.3 Å². The third-order valence-electron chi connectivity index (χ3n) is 1.88. The van der Waals surface area contributed by atoms with Crippen molar-refractivity contribution in [3.8, 4) is 0 Å². The SMILES string of the molecule is COC(=O)c1cc(C(F)F)c(C)c(Br)n1. The van der Waals surface area contributed by atoms with Crippen molar-refractivity contribution in [2.24, 2.45) is 0 Å². The van der Waals surface area contributed by atoms with Gasteiger partial charge in [0, 0.05) is 5.56 Å². The van der Waals surface area contributed by atoms with Gasteiger partial charge in [-0.2, -0.15) is 0 Å². The molecule has 0 aliphatic carbocycles. The lowest BCUT2D eigenvalue weighted by atomic mass is 10.1. The first-order valence-electron chi connectivity index (χ1n) is 4.01. The number of halogens is 3. The van der Waals surface area contributed by atoms with Crippen LogP contribution in [0.1, 0.15) is 28.0 Å². The highest BCUT2D eigenvalue weighted by atomic mass is 79.9. The summed E-state index contributed by atoms with van der Waals surface area (Å²) in [6, 6.07) is 1.04. The first-order valence-corrected chi connectivity index (χ1v) is 4.80. The van der Waals surface area contributed by atoms with Crippen LogP contribution in [0.5, 0.6) is 0 Å². The van der Waals surface area contributed by atoms with E-state index in [-0.39, 0.29) is 15.9 Å². The Kier molecular flexibility index (Phi) is 3.73. The van der Waals surface area contributed by atoms with Gasteiger partial charge in [-0.05, 0) is 34.5 Å². The molecule has 0 aliphatic heterocycles. The Morgan fingerprint density at radius 2 is 2.20 bits per heavy atom. The van der Waals surface area contributed by atoms with Gasteiger partial charge in [0.25, 0.3) is 6.43 Å². The van der Waals surface area contributed by atoms with E-state index in [9.17, 15) is 13.6 Å². The molecule has 0 fully saturated rings. The number of ether oxygens (including phenoxy) is 1. The Morgan fingerprint density at radius 3 is 2.67 bits per heavy atom. The third kappa shape index (κ3) is 2.50. The summed E-state index contributed by atoms with van der Waals surface area (Å²) in [6.45, 7) is 1.50. The predicted octanol–water partition coefficient (Wildman–Crippen LogP) is 2.88. The van der Waals surface area contributed by atoms with Gasteiger partial charge < -0.3 is 4.74 Å². The molecule has 0 N–H and O–H groups in total. The van der Waals surface area contributed by atoms with Crippen LogP contribution >= 0.6 is 15.9 Å². The number of nitrogens with zero attached hydrogens (tertiary/aromatic N) is 1. The topological polar surface area (TPSA) is 39.2 Å². The number of aromatic nitrogens is 1. The van der Waals surface area contributed by atoms with E-state index in [1.807, 2.05) is 0 Å². The molecule has 1 aromatic rings. The van der Waals surface area contributed by atoms with E-state index >= 15 is 0 Å². The van der Waals surface area contributed by atoms with Crippen molar-refractivity contribution < 1.29 is 18.3 Å². The molecule has 0 aliphatic rings. The molecule has 3 nitrogen and oxygen atoms in total. The van der Waals surface area contributed by atoms with Crippen molar-refractivity contribution >= 4 is 21.9 Å². The molecule has 0 saturated heterocycles. The quantitative estimate of drug-likeness (QED) is 0.617. The number of carbonyl (C=O) groups is 1. The van der Waals surface area contributed by atoms with Crippen LogP contribution in [0.25, 0.3) is 0 Å². The van der Waals surface area contributed by atoms with Gasteiger partial charge in [0.2, 0.25) is 0 Å². The lowest BCUT2D eigenvalue weighted by Gasteiger charge is -2.08. The number of hydrogen-bond donors (Lipinski definition) is 0. The molecule has 15 heavy (non-hydrogen) atoms. The number of alkyl halides is 2. The van der Waals surface area contributed by atoms with E-state index in [0.29, 0.717) is 5.56 Å². The molecule has 1 rings (SSSR count). The Balaban J connectivity index is 3.29. The molecule has 82 valence electrons. The van der Waals surface area contributed by atoms with Crippen LogP contribution in [0.15, 0.2) is 10.7 Å². The lowest BCUT2D eigenvalue weighted by Crippen LogP contribution is -2.07. The minimum atomic E-state index is -2.65. The fourth-order valence-electron chi connectivity index (χ4n) is 1.03. The lowest BCUT2D eigenvalue weighted by molar-refractivity contribution is 0.0593. The van der Waals surface area contributed by atoms with E-state index in [4.69, 9.17) is 0 Å². The van der Waals surface area contributed by atoms with Crippen molar-refractivity contribution in [2.45, 2.75) is 13.3 Å². The van der Waals surface area contributed by atoms with Crippen molar-refractivity contribution in [3.05, 3.63) is 27.5 Å². The van der Waals surface area contributed by atoms with Crippen LogP contribution in [0.3, 0.4) is 0 Å². The van der Waals surface area contributed by atoms with Gasteiger partial charge in [-0.3, -0.25) is 0 Å². The first-order chi connectivity index (χ1) is 6.97. The molecule has 0 radical (unpaired) electrons. The van der Waals surface area contributed by atoms with E-state index in [0.717, 1.165) is 6.07 Å². The standard InChI is InChI=1S/C9H8BrF2NO2/c1-4-5(8(11)12)3-6(9(14)15-2)13-7(4)10/h3,8H,1-2H3. The van der Waals surface area contributed by atoms with Crippen molar-refractivity contribution in [3.63, 3.8) is 0 Å². The zero-order valence-electron chi connectivity index (χ0n) is 8.05. The number of pyridine rings is 1. The molecule has 0 amide bonds. The van der Waals surface area contributed by atoms with Crippen LogP contribution in [-0.2, 0) is 4.74 Å². The van der Waals surface area contributed by atoms with Gasteiger partial charge in [-0.25, -0.2) is 18.6 Å². The van der Waals surface area contributed by atoms with E-state index < -0.39 is 12.4 Å². The molecule has 1 heterocycles. The average molecular weight is 280 g/mol. The summed E-state index contributed by atoms with van der Waals surface area (Å²) in [4.78, 5) is 14.9. The fourth-order valence-corrected chi connectivity index (χ4v) is 1.45. The Hall–Kier alpha value is -1.04. The molecule has 6 heteroatoms. The minimum absolute atomic E-state index is 0.134. The summed E-state index contributed by atoms with van der Waals surface area (Å²) >= 11 is 3.01. The summed E-state index contributed by atoms with van der Waals surface area (Å²) < 4.78 is 29.7. The maximum atomic E-state index is 12.6. The Bertz CT molecular complexity index is 396. The van der Waals surface area contributed by atoms with Crippen LogP contribution in [-0.4, -0.2) is 18.1 Å². The molecule has 0 atom stereocenters. The largest absolute Gasteiger partial charge is 0.464 e. The normalized spacial score (nSPS) is 10.5. The second-order valence-corrected chi connectivity index (χ2v) is 3.56. The summed E-state index contributed by atoms with van der Waals surface area (Å²) in [5, 5.41) is 0. The van der Waals surface area contributed by atoms with Gasteiger partial charge in [-0.15, -0.1) is 0 Å². The summed E-state index contributed by atoms with van der Waals surface area (Å²) in [6.07, 6.45) is -2.65. The number of carbonyl (C=O) groups excluding carboxylic acids is 1. The van der Waals surface area contributed by atoms with Crippen LogP contribution in [0.4, 0.5) is 8.78 Å². The highest BCUT2D eigenvalue weighted by Crippen LogP contribution is 2.27. The van der Waals surface area contributed by atoms with Crippen molar-refractivity contribution in [1.82, 2.24) is 4.98 Å². The Morgan fingerprint density at radius 1 is 1.60 bits per heavy atom. The zero-order valence-corrected chi connectivity index (χ0v) is 9.64. The zero-order chi connectivity index (χ0) is 11.6. The van der Waals surface area contributed by atoms with Crippen LogP contribution < -0.4 is 0 Å². The maximum absolute atomic E-state index is 12.6. The molecule has 1 aromatic heterocycles. The second-order valence-electron chi connectivity index (χ2n) is 2.80. The van der Waals surface area contributed by atoms with Crippen molar-refractivity contribution in [2.75, 3.05) is 7.11 Å². The highest BCUT2D eigenvalue weighted by molar-refractivity contribution is 9.10. The summed E-state index contributed by atoms with van der Waals surface area (Å²) in [5.74, 6) is -0.738. The van der Waals surface area contributed by atoms with Crippen molar-refractivity contribution in [1.29, 1.82) is 0 Å². The van der Waals surface area contributed by atoms with Gasteiger partial charge >= 0.3 is 5.97 Å². The number of esters is 1. The molecular weight excluding hydrogens is 272 g/mol. The van der Waals surface area contributed by atoms with Crippen LogP contribution in [0.2, 0.25) is 0 Å². The minimum Gasteiger partial charge on any atom is -0.464 e. The van der Waals surface area contributed by atoms with Gasteiger partial charge in [-0.1, -0.05) is 0 Å². The average Bonchev–Trinajstić information content (AvgIpc) is 2.20. The van der Waals surface area contributed by atoms with Crippen LogP contribution in [0, 0.1) is 6.92 Å². The van der Waals surface area contributed by atoms with E-state index in [1.165, 1.54) is 14.0 Å². The molecule has 0 bridgehead atoms. The number of rotatable bonds is 2. The summed E-state index contributed by atoms with van der Waals surface area (Å²) in [5.41, 5.74) is -0.0415. The molecule has 0 saturated carbocycles. The molecule has 0 spiro atoms. The highest BCUT2D eigenvalue weighted by Gasteiger charge is 2.18. The predicted molar refractivity (Wildman–Crippen MR) is 53.0 cm³/mol. The second kappa shape index (κ2) is 4.65. The molecular formula is C9H8BrF2NO2. The fraction of sp³-hybridized carbons (Fsp3) is 0.333. The Labute approximate surface area is 93.6 Å². The van der Waals surface area contributed by atoms with Gasteiger partial charge in [0.15, 0.2) is 0 Å². The smallest absolute Gasteiger partial charge is 0.356 e. The molecule has 0 unspecified atom stereocenters. The monoisotopic (exact) mass is 279 g/mol. The first kappa shape index (κ1) is 12.0. The van der Waals surface area contributed by atoms with Gasteiger partial charge in [0.05, 0.1) is 7.11 Å². The molecule has 0 aromatic carbocycles. The third-order valence-corrected chi connectivity index (χ3v) is 2.65. The number of hydrogen-bond acceptors (Lipinski definition) is 3. The summed E-state index contributed by atoms with van der Waals surface area (Å²) in [7, 11) is 1.17. The maximum Gasteiger partial charge on any atom is 0.356 e. The van der Waals surface area contributed by atoms with E-state index in [1.54, 1.807) is 0 Å².